The highest BCUT2D eigenvalue weighted by Gasteiger charge is 2.32. The third-order valence-electron chi connectivity index (χ3n) is 2.17. The molecular weight excluding hydrogens is 422 g/mol. The summed E-state index contributed by atoms with van der Waals surface area (Å²) in [5.41, 5.74) is 0. The third kappa shape index (κ3) is 2.91. The smallest absolute Gasteiger partial charge is 0.368 e. The maximum absolute atomic E-state index is 5.49. The molecule has 78 valence electrons. The summed E-state index contributed by atoms with van der Waals surface area (Å²) in [6, 6.07) is 6.38. The Labute approximate surface area is 113 Å². The lowest BCUT2D eigenvalue weighted by Crippen LogP contribution is -2.49. The van der Waals surface area contributed by atoms with Gasteiger partial charge in [-0.3, -0.25) is 0 Å². The molecule has 0 amide bonds. The lowest BCUT2D eigenvalue weighted by molar-refractivity contribution is 0.265. The van der Waals surface area contributed by atoms with E-state index < -0.39 is 8.56 Å². The average molecular weight is 434 g/mol. The van der Waals surface area contributed by atoms with Gasteiger partial charge in [-0.05, 0) is 75.1 Å². The van der Waals surface area contributed by atoms with Crippen molar-refractivity contribution in [1.82, 2.24) is 0 Å². The molecule has 0 atom stereocenters. The van der Waals surface area contributed by atoms with Crippen LogP contribution in [0.4, 0.5) is 0 Å². The molecule has 0 aliphatic carbocycles. The van der Waals surface area contributed by atoms with Gasteiger partial charge in [0.05, 0.1) is 0 Å². The van der Waals surface area contributed by atoms with Crippen LogP contribution < -0.4 is 5.19 Å². The van der Waals surface area contributed by atoms with E-state index in [0.29, 0.717) is 0 Å². The summed E-state index contributed by atoms with van der Waals surface area (Å²) in [6.45, 7) is 2.05. The van der Waals surface area contributed by atoms with E-state index in [2.05, 4.69) is 69.9 Å². The summed E-state index contributed by atoms with van der Waals surface area (Å²) in [5, 5.41) is 1.18. The minimum atomic E-state index is -2.15. The minimum Gasteiger partial charge on any atom is -0.394 e. The van der Waals surface area contributed by atoms with Crippen molar-refractivity contribution in [2.24, 2.45) is 0 Å². The SMILES string of the molecule is CO[Si](C)(OC)c1cc(I)cc(I)c1. The molecule has 1 aromatic rings. The minimum absolute atomic E-state index is 1.18. The molecular formula is C9H12I2O2Si. The highest BCUT2D eigenvalue weighted by Crippen LogP contribution is 2.13. The van der Waals surface area contributed by atoms with E-state index in [-0.39, 0.29) is 0 Å². The van der Waals surface area contributed by atoms with Crippen LogP contribution in [0.3, 0.4) is 0 Å². The molecule has 5 heteroatoms. The Morgan fingerprint density at radius 2 is 1.43 bits per heavy atom. The Morgan fingerprint density at radius 1 is 1.00 bits per heavy atom. The Balaban J connectivity index is 3.17. The van der Waals surface area contributed by atoms with Gasteiger partial charge in [0.2, 0.25) is 0 Å². The fourth-order valence-electron chi connectivity index (χ4n) is 1.14. The van der Waals surface area contributed by atoms with Gasteiger partial charge in [-0.1, -0.05) is 0 Å². The topological polar surface area (TPSA) is 18.5 Å². The Hall–Kier alpha value is 0.817. The monoisotopic (exact) mass is 434 g/mol. The molecule has 0 fully saturated rings. The molecule has 0 aliphatic rings. The largest absolute Gasteiger partial charge is 0.394 e. The Morgan fingerprint density at radius 3 is 1.79 bits per heavy atom. The zero-order valence-corrected chi connectivity index (χ0v) is 13.6. The summed E-state index contributed by atoms with van der Waals surface area (Å²) in [5.74, 6) is 0. The van der Waals surface area contributed by atoms with Crippen molar-refractivity contribution in [1.29, 1.82) is 0 Å². The fourth-order valence-corrected chi connectivity index (χ4v) is 5.13. The summed E-state index contributed by atoms with van der Waals surface area (Å²) in [6.07, 6.45) is 0. The van der Waals surface area contributed by atoms with Crippen LogP contribution in [0, 0.1) is 7.14 Å². The van der Waals surface area contributed by atoms with Crippen LogP contribution in [-0.2, 0) is 8.85 Å². The zero-order valence-electron chi connectivity index (χ0n) is 8.30. The lowest BCUT2D eigenvalue weighted by Gasteiger charge is -2.23. The van der Waals surface area contributed by atoms with Crippen molar-refractivity contribution >= 4 is 58.9 Å². The standard InChI is InChI=1S/C9H12I2O2Si/c1-12-14(3,13-2)9-5-7(10)4-8(11)6-9/h4-6H,1-3H3. The molecule has 0 spiro atoms. The van der Waals surface area contributed by atoms with Gasteiger partial charge in [0, 0.05) is 21.4 Å². The van der Waals surface area contributed by atoms with Crippen LogP contribution in [0.2, 0.25) is 6.55 Å². The van der Waals surface area contributed by atoms with Crippen LogP contribution in [0.15, 0.2) is 18.2 Å². The molecule has 0 aliphatic heterocycles. The molecule has 0 saturated heterocycles. The molecule has 0 N–H and O–H groups in total. The van der Waals surface area contributed by atoms with Crippen LogP contribution in [0.25, 0.3) is 0 Å². The molecule has 2 nitrogen and oxygen atoms in total. The van der Waals surface area contributed by atoms with Gasteiger partial charge in [0.25, 0.3) is 0 Å². The van der Waals surface area contributed by atoms with Crippen molar-refractivity contribution in [3.63, 3.8) is 0 Å². The maximum Gasteiger partial charge on any atom is 0.368 e. The van der Waals surface area contributed by atoms with Crippen molar-refractivity contribution in [2.75, 3.05) is 14.2 Å². The summed E-state index contributed by atoms with van der Waals surface area (Å²) >= 11 is 4.62. The molecule has 0 aromatic heterocycles. The lowest BCUT2D eigenvalue weighted by atomic mass is 10.4. The number of rotatable bonds is 3. The first-order valence-electron chi connectivity index (χ1n) is 4.08. The van der Waals surface area contributed by atoms with Gasteiger partial charge < -0.3 is 8.85 Å². The normalized spacial score (nSPS) is 11.8. The first-order chi connectivity index (χ1) is 6.51. The molecule has 1 aromatic carbocycles. The summed E-state index contributed by atoms with van der Waals surface area (Å²) < 4.78 is 13.4. The van der Waals surface area contributed by atoms with E-state index >= 15 is 0 Å². The van der Waals surface area contributed by atoms with Gasteiger partial charge in [-0.15, -0.1) is 0 Å². The Bertz CT molecular complexity index is 306. The molecule has 0 radical (unpaired) electrons. The third-order valence-corrected chi connectivity index (χ3v) is 6.31. The predicted molar refractivity (Wildman–Crippen MR) is 77.1 cm³/mol. The Kier molecular flexibility index (Phi) is 4.82. The van der Waals surface area contributed by atoms with E-state index in [4.69, 9.17) is 8.85 Å². The molecule has 0 bridgehead atoms. The second kappa shape index (κ2) is 5.24. The van der Waals surface area contributed by atoms with Gasteiger partial charge in [0.1, 0.15) is 0 Å². The van der Waals surface area contributed by atoms with E-state index in [1.54, 1.807) is 14.2 Å². The van der Waals surface area contributed by atoms with Crippen LogP contribution >= 0.6 is 45.2 Å². The van der Waals surface area contributed by atoms with E-state index in [9.17, 15) is 0 Å². The van der Waals surface area contributed by atoms with Crippen molar-refractivity contribution in [3.05, 3.63) is 25.3 Å². The zero-order chi connectivity index (χ0) is 10.8. The number of hydrogen-bond donors (Lipinski definition) is 0. The van der Waals surface area contributed by atoms with E-state index in [1.807, 2.05) is 0 Å². The van der Waals surface area contributed by atoms with Crippen LogP contribution in [0.5, 0.6) is 0 Å². The van der Waals surface area contributed by atoms with Gasteiger partial charge in [-0.25, -0.2) is 0 Å². The van der Waals surface area contributed by atoms with Crippen LogP contribution in [0.1, 0.15) is 0 Å². The first kappa shape index (κ1) is 12.9. The predicted octanol–water partition coefficient (Wildman–Crippen LogP) is 2.47. The van der Waals surface area contributed by atoms with E-state index in [0.717, 1.165) is 0 Å². The quantitative estimate of drug-likeness (QED) is 0.538. The molecule has 0 saturated carbocycles. The van der Waals surface area contributed by atoms with Crippen molar-refractivity contribution in [3.8, 4) is 0 Å². The molecule has 0 unspecified atom stereocenters. The van der Waals surface area contributed by atoms with Crippen molar-refractivity contribution < 1.29 is 8.85 Å². The fraction of sp³-hybridized carbons (Fsp3) is 0.333. The summed E-state index contributed by atoms with van der Waals surface area (Å²) in [7, 11) is 1.28. The van der Waals surface area contributed by atoms with Crippen molar-refractivity contribution in [2.45, 2.75) is 6.55 Å². The number of hydrogen-bond acceptors (Lipinski definition) is 2. The highest BCUT2D eigenvalue weighted by molar-refractivity contribution is 14.1. The maximum atomic E-state index is 5.49. The van der Waals surface area contributed by atoms with Gasteiger partial charge >= 0.3 is 8.56 Å². The number of halogens is 2. The highest BCUT2D eigenvalue weighted by atomic mass is 127. The number of benzene rings is 1. The second-order valence-electron chi connectivity index (χ2n) is 3.01. The first-order valence-corrected chi connectivity index (χ1v) is 8.56. The van der Waals surface area contributed by atoms with Crippen LogP contribution in [-0.4, -0.2) is 22.8 Å². The molecule has 14 heavy (non-hydrogen) atoms. The van der Waals surface area contributed by atoms with E-state index in [1.165, 1.54) is 12.3 Å². The molecule has 1 rings (SSSR count). The van der Waals surface area contributed by atoms with Gasteiger partial charge in [0.15, 0.2) is 0 Å². The second-order valence-corrected chi connectivity index (χ2v) is 8.79. The molecule has 0 heterocycles. The summed E-state index contributed by atoms with van der Waals surface area (Å²) in [4.78, 5) is 0. The average Bonchev–Trinajstić information content (AvgIpc) is 2.15. The van der Waals surface area contributed by atoms with Gasteiger partial charge in [-0.2, -0.15) is 0 Å².